The van der Waals surface area contributed by atoms with Gasteiger partial charge in [0, 0.05) is 13.1 Å². The lowest BCUT2D eigenvalue weighted by molar-refractivity contribution is -0.118. The van der Waals surface area contributed by atoms with Crippen molar-refractivity contribution in [1.29, 1.82) is 0 Å². The van der Waals surface area contributed by atoms with Gasteiger partial charge in [0.2, 0.25) is 5.91 Å². The molecule has 0 radical (unpaired) electrons. The lowest BCUT2D eigenvalue weighted by Gasteiger charge is -2.25. The largest absolute Gasteiger partial charge is 0.302 e. The number of hydrogen-bond acceptors (Lipinski definition) is 4. The van der Waals surface area contributed by atoms with Crippen molar-refractivity contribution in [3.63, 3.8) is 0 Å². The van der Waals surface area contributed by atoms with Crippen LogP contribution in [0.15, 0.2) is 30.3 Å². The van der Waals surface area contributed by atoms with Gasteiger partial charge in [-0.1, -0.05) is 55.0 Å². The smallest absolute Gasteiger partial charge is 0.233 e. The van der Waals surface area contributed by atoms with Crippen LogP contribution in [-0.2, 0) is 11.2 Å². The molecule has 2 aromatic carbocycles. The molecule has 0 N–H and O–H groups in total. The zero-order valence-electron chi connectivity index (χ0n) is 19.1. The summed E-state index contributed by atoms with van der Waals surface area (Å²) < 4.78 is 1.17. The van der Waals surface area contributed by atoms with E-state index in [4.69, 9.17) is 4.98 Å². The SMILES string of the molecule is CCN(CC)CCN(C(=O)Cc1cc(C)ccc1C)c1nc2cc(C)cc(C)c2s1. The van der Waals surface area contributed by atoms with E-state index in [0.717, 1.165) is 41.4 Å². The van der Waals surface area contributed by atoms with E-state index in [-0.39, 0.29) is 5.91 Å². The van der Waals surface area contributed by atoms with Gasteiger partial charge in [-0.2, -0.15) is 0 Å². The van der Waals surface area contributed by atoms with Crippen LogP contribution in [0, 0.1) is 27.7 Å². The van der Waals surface area contributed by atoms with Crippen molar-refractivity contribution in [2.75, 3.05) is 31.1 Å². The monoisotopic (exact) mass is 423 g/mol. The fourth-order valence-electron chi connectivity index (χ4n) is 3.84. The standard InChI is InChI=1S/C25H33N3OS/c1-7-27(8-2)11-12-28(23(29)16-21-14-17(3)9-10-19(21)5)25-26-22-15-18(4)13-20(6)24(22)30-25/h9-10,13-15H,7-8,11-12,16H2,1-6H3. The van der Waals surface area contributed by atoms with Crippen LogP contribution in [0.2, 0.25) is 0 Å². The molecule has 1 aromatic heterocycles. The Hall–Kier alpha value is -2.24. The fourth-order valence-corrected chi connectivity index (χ4v) is 4.90. The van der Waals surface area contributed by atoms with E-state index in [0.29, 0.717) is 13.0 Å². The number of anilines is 1. The van der Waals surface area contributed by atoms with Crippen LogP contribution < -0.4 is 4.90 Å². The quantitative estimate of drug-likeness (QED) is 0.483. The van der Waals surface area contributed by atoms with E-state index in [1.165, 1.54) is 21.4 Å². The van der Waals surface area contributed by atoms with Crippen LogP contribution in [0.5, 0.6) is 0 Å². The average molecular weight is 424 g/mol. The minimum atomic E-state index is 0.115. The number of aryl methyl sites for hydroxylation is 4. The molecule has 0 fully saturated rings. The Kier molecular flexibility index (Phi) is 7.27. The van der Waals surface area contributed by atoms with Gasteiger partial charge in [-0.3, -0.25) is 9.69 Å². The molecule has 3 aromatic rings. The number of rotatable bonds is 8. The third-order valence-electron chi connectivity index (χ3n) is 5.72. The highest BCUT2D eigenvalue weighted by Crippen LogP contribution is 2.32. The topological polar surface area (TPSA) is 36.4 Å². The molecular formula is C25H33N3OS. The van der Waals surface area contributed by atoms with Crippen molar-refractivity contribution >= 4 is 32.6 Å². The van der Waals surface area contributed by atoms with Gasteiger partial charge in [-0.25, -0.2) is 4.98 Å². The molecule has 30 heavy (non-hydrogen) atoms. The van der Waals surface area contributed by atoms with Crippen LogP contribution in [0.4, 0.5) is 5.13 Å². The molecule has 1 amide bonds. The molecule has 0 aliphatic heterocycles. The summed E-state index contributed by atoms with van der Waals surface area (Å²) >= 11 is 1.63. The lowest BCUT2D eigenvalue weighted by atomic mass is 10.0. The van der Waals surface area contributed by atoms with Gasteiger partial charge >= 0.3 is 0 Å². The van der Waals surface area contributed by atoms with Crippen LogP contribution in [0.3, 0.4) is 0 Å². The molecule has 0 bridgehead atoms. The number of amides is 1. The van der Waals surface area contributed by atoms with Crippen molar-refractivity contribution in [3.05, 3.63) is 58.1 Å². The molecule has 0 saturated heterocycles. The van der Waals surface area contributed by atoms with Crippen molar-refractivity contribution < 1.29 is 4.79 Å². The van der Waals surface area contributed by atoms with Crippen LogP contribution in [0.25, 0.3) is 10.2 Å². The van der Waals surface area contributed by atoms with Gasteiger partial charge < -0.3 is 4.90 Å². The second-order valence-corrected chi connectivity index (χ2v) is 9.08. The summed E-state index contributed by atoms with van der Waals surface area (Å²) in [4.78, 5) is 22.6. The number of benzene rings is 2. The van der Waals surface area contributed by atoms with Gasteiger partial charge in [-0.05, 0) is 69.1 Å². The number of carbonyl (C=O) groups is 1. The molecule has 0 aliphatic carbocycles. The molecular weight excluding hydrogens is 390 g/mol. The third-order valence-corrected chi connectivity index (χ3v) is 6.95. The van der Waals surface area contributed by atoms with E-state index in [9.17, 15) is 4.79 Å². The van der Waals surface area contributed by atoms with Gasteiger partial charge in [0.15, 0.2) is 5.13 Å². The third kappa shape index (κ3) is 5.08. The van der Waals surface area contributed by atoms with Crippen molar-refractivity contribution in [1.82, 2.24) is 9.88 Å². The van der Waals surface area contributed by atoms with Crippen molar-refractivity contribution in [2.45, 2.75) is 48.0 Å². The molecule has 3 rings (SSSR count). The van der Waals surface area contributed by atoms with Crippen molar-refractivity contribution in [2.24, 2.45) is 0 Å². The maximum absolute atomic E-state index is 13.5. The van der Waals surface area contributed by atoms with E-state index in [1.54, 1.807) is 11.3 Å². The van der Waals surface area contributed by atoms with Gasteiger partial charge in [-0.15, -0.1) is 0 Å². The Balaban J connectivity index is 1.94. The van der Waals surface area contributed by atoms with E-state index < -0.39 is 0 Å². The lowest BCUT2D eigenvalue weighted by Crippen LogP contribution is -2.39. The first-order chi connectivity index (χ1) is 14.3. The fraction of sp³-hybridized carbons (Fsp3) is 0.440. The number of carbonyl (C=O) groups excluding carboxylic acids is 1. The van der Waals surface area contributed by atoms with Gasteiger partial charge in [0.25, 0.3) is 0 Å². The second-order valence-electron chi connectivity index (χ2n) is 8.11. The molecule has 0 saturated carbocycles. The summed E-state index contributed by atoms with van der Waals surface area (Å²) in [5.74, 6) is 0.115. The highest BCUT2D eigenvalue weighted by molar-refractivity contribution is 7.22. The molecule has 0 spiro atoms. The number of aromatic nitrogens is 1. The highest BCUT2D eigenvalue weighted by atomic mass is 32.1. The minimum absolute atomic E-state index is 0.115. The van der Waals surface area contributed by atoms with Gasteiger partial charge in [0.1, 0.15) is 0 Å². The summed E-state index contributed by atoms with van der Waals surface area (Å²) in [5, 5.41) is 0.807. The molecule has 160 valence electrons. The van der Waals surface area contributed by atoms with E-state index in [2.05, 4.69) is 76.8 Å². The predicted molar refractivity (Wildman–Crippen MR) is 129 cm³/mol. The number of fused-ring (bicyclic) bond motifs is 1. The molecule has 0 unspecified atom stereocenters. The van der Waals surface area contributed by atoms with Crippen LogP contribution >= 0.6 is 11.3 Å². The zero-order valence-corrected chi connectivity index (χ0v) is 19.9. The highest BCUT2D eigenvalue weighted by Gasteiger charge is 2.22. The van der Waals surface area contributed by atoms with E-state index >= 15 is 0 Å². The van der Waals surface area contributed by atoms with E-state index in [1.807, 2.05) is 4.90 Å². The van der Waals surface area contributed by atoms with Crippen molar-refractivity contribution in [3.8, 4) is 0 Å². The summed E-state index contributed by atoms with van der Waals surface area (Å²) in [6.07, 6.45) is 0.402. The zero-order chi connectivity index (χ0) is 21.8. The predicted octanol–water partition coefficient (Wildman–Crippen LogP) is 5.45. The summed E-state index contributed by atoms with van der Waals surface area (Å²) in [6, 6.07) is 10.6. The Bertz CT molecular complexity index is 1040. The number of nitrogens with zero attached hydrogens (tertiary/aromatic N) is 3. The molecule has 1 heterocycles. The maximum Gasteiger partial charge on any atom is 0.233 e. The first kappa shape index (κ1) is 22.4. The Morgan fingerprint density at radius 3 is 2.37 bits per heavy atom. The Morgan fingerprint density at radius 1 is 0.933 bits per heavy atom. The number of likely N-dealkylation sites (N-methyl/N-ethyl adjacent to an activating group) is 1. The first-order valence-corrected chi connectivity index (χ1v) is 11.6. The Morgan fingerprint density at radius 2 is 1.67 bits per heavy atom. The van der Waals surface area contributed by atoms with Crippen LogP contribution in [-0.4, -0.2) is 42.0 Å². The molecule has 5 heteroatoms. The normalized spacial score (nSPS) is 11.4. The van der Waals surface area contributed by atoms with Gasteiger partial charge in [0.05, 0.1) is 16.6 Å². The number of thiazole rings is 1. The first-order valence-electron chi connectivity index (χ1n) is 10.8. The summed E-state index contributed by atoms with van der Waals surface area (Å²) in [7, 11) is 0. The summed E-state index contributed by atoms with van der Waals surface area (Å²) in [6.45, 7) is 16.1. The summed E-state index contributed by atoms with van der Waals surface area (Å²) in [5.41, 5.74) is 6.85. The average Bonchev–Trinajstić information content (AvgIpc) is 3.12. The molecule has 4 nitrogen and oxygen atoms in total. The molecule has 0 aliphatic rings. The second kappa shape index (κ2) is 9.71. The number of hydrogen-bond donors (Lipinski definition) is 0. The maximum atomic E-state index is 13.5. The Labute approximate surface area is 184 Å². The molecule has 0 atom stereocenters. The van der Waals surface area contributed by atoms with Crippen LogP contribution in [0.1, 0.15) is 41.7 Å². The minimum Gasteiger partial charge on any atom is -0.302 e.